The highest BCUT2D eigenvalue weighted by atomic mass is 35.5. The zero-order chi connectivity index (χ0) is 21.8. The summed E-state index contributed by atoms with van der Waals surface area (Å²) in [6.45, 7) is 3.88. The van der Waals surface area contributed by atoms with Gasteiger partial charge in [-0.2, -0.15) is 5.10 Å². The van der Waals surface area contributed by atoms with Crippen molar-refractivity contribution in [2.45, 2.75) is 13.8 Å². The van der Waals surface area contributed by atoms with Gasteiger partial charge in [0.1, 0.15) is 12.1 Å². The number of nitrogens with zero attached hydrogens (tertiary/aromatic N) is 4. The quantitative estimate of drug-likeness (QED) is 0.440. The third-order valence-electron chi connectivity index (χ3n) is 4.31. The fraction of sp³-hybridized carbons (Fsp3) is 0.0909. The van der Waals surface area contributed by atoms with Crippen molar-refractivity contribution in [3.05, 3.63) is 83.4 Å². The molecule has 2 heterocycles. The molecular formula is C22H19ClN6O2. The van der Waals surface area contributed by atoms with E-state index in [0.717, 1.165) is 11.4 Å². The minimum Gasteiger partial charge on any atom is -0.439 e. The highest BCUT2D eigenvalue weighted by Gasteiger charge is 2.09. The van der Waals surface area contributed by atoms with Crippen molar-refractivity contribution in [3.63, 3.8) is 0 Å². The topological polar surface area (TPSA) is 94.0 Å². The van der Waals surface area contributed by atoms with Crippen LogP contribution >= 0.6 is 11.6 Å². The van der Waals surface area contributed by atoms with Crippen molar-refractivity contribution in [3.8, 4) is 17.4 Å². The van der Waals surface area contributed by atoms with Crippen LogP contribution in [0.3, 0.4) is 0 Å². The number of benzene rings is 2. The number of hydrogen-bond donors (Lipinski definition) is 2. The summed E-state index contributed by atoms with van der Waals surface area (Å²) in [5.41, 5.74) is 3.00. The predicted molar refractivity (Wildman–Crippen MR) is 119 cm³/mol. The Morgan fingerprint density at radius 2 is 1.77 bits per heavy atom. The summed E-state index contributed by atoms with van der Waals surface area (Å²) in [5, 5.41) is 10.3. The molecule has 2 aromatic heterocycles. The van der Waals surface area contributed by atoms with Crippen LogP contribution in [0.15, 0.2) is 67.0 Å². The number of ether oxygens (including phenoxy) is 1. The maximum absolute atomic E-state index is 12.2. The maximum Gasteiger partial charge on any atom is 0.323 e. The molecule has 0 aliphatic heterocycles. The van der Waals surface area contributed by atoms with Crippen molar-refractivity contribution in [1.29, 1.82) is 0 Å². The normalized spacial score (nSPS) is 10.5. The molecule has 0 saturated heterocycles. The second kappa shape index (κ2) is 8.85. The SMILES string of the molecule is Cc1cc(C)n(-c2cc(Oc3ccc(NC(=O)Nc4ccccc4Cl)cc3)ncn2)n1. The molecule has 9 heteroatoms. The lowest BCUT2D eigenvalue weighted by molar-refractivity contribution is 0.262. The van der Waals surface area contributed by atoms with Crippen molar-refractivity contribution in [2.75, 3.05) is 10.6 Å². The van der Waals surface area contributed by atoms with Crippen molar-refractivity contribution in [1.82, 2.24) is 19.7 Å². The molecule has 8 nitrogen and oxygen atoms in total. The van der Waals surface area contributed by atoms with Crippen LogP contribution in [0.5, 0.6) is 11.6 Å². The fourth-order valence-corrected chi connectivity index (χ4v) is 3.12. The van der Waals surface area contributed by atoms with Crippen LogP contribution in [-0.4, -0.2) is 25.8 Å². The van der Waals surface area contributed by atoms with Gasteiger partial charge >= 0.3 is 6.03 Å². The second-order valence-electron chi connectivity index (χ2n) is 6.74. The standard InChI is InChI=1S/C22H19ClN6O2/c1-14-11-15(2)29(28-14)20-12-21(25-13-24-20)31-17-9-7-16(8-10-17)26-22(30)27-19-6-4-3-5-18(19)23/h3-13H,1-2H3,(H2,26,27,30). The number of halogens is 1. The molecular weight excluding hydrogens is 416 g/mol. The Balaban J connectivity index is 1.41. The average Bonchev–Trinajstić information content (AvgIpc) is 3.09. The summed E-state index contributed by atoms with van der Waals surface area (Å²) in [4.78, 5) is 20.6. The van der Waals surface area contributed by atoms with E-state index in [-0.39, 0.29) is 0 Å². The molecule has 4 aromatic rings. The first-order valence-corrected chi connectivity index (χ1v) is 9.82. The number of aromatic nitrogens is 4. The summed E-state index contributed by atoms with van der Waals surface area (Å²) >= 11 is 6.05. The predicted octanol–water partition coefficient (Wildman–Crippen LogP) is 5.37. The van der Waals surface area contributed by atoms with Crippen LogP contribution in [0.1, 0.15) is 11.4 Å². The lowest BCUT2D eigenvalue weighted by Crippen LogP contribution is -2.19. The monoisotopic (exact) mass is 434 g/mol. The molecule has 0 aliphatic rings. The molecule has 31 heavy (non-hydrogen) atoms. The first kappa shape index (κ1) is 20.4. The van der Waals surface area contributed by atoms with E-state index in [1.165, 1.54) is 6.33 Å². The number of hydrogen-bond acceptors (Lipinski definition) is 5. The molecule has 0 spiro atoms. The van der Waals surface area contributed by atoms with Gasteiger partial charge in [0.05, 0.1) is 16.4 Å². The van der Waals surface area contributed by atoms with Gasteiger partial charge in [0, 0.05) is 17.4 Å². The first-order valence-electron chi connectivity index (χ1n) is 9.44. The van der Waals surface area contributed by atoms with Gasteiger partial charge in [-0.25, -0.2) is 19.4 Å². The van der Waals surface area contributed by atoms with E-state index in [1.807, 2.05) is 19.9 Å². The van der Waals surface area contributed by atoms with Gasteiger partial charge in [-0.05, 0) is 56.3 Å². The summed E-state index contributed by atoms with van der Waals surface area (Å²) < 4.78 is 7.55. The molecule has 0 aliphatic carbocycles. The van der Waals surface area contributed by atoms with Gasteiger partial charge in [-0.1, -0.05) is 23.7 Å². The smallest absolute Gasteiger partial charge is 0.323 e. The molecule has 4 rings (SSSR count). The number of para-hydroxylation sites is 1. The summed E-state index contributed by atoms with van der Waals surface area (Å²) in [7, 11) is 0. The van der Waals surface area contributed by atoms with Crippen LogP contribution in [0, 0.1) is 13.8 Å². The highest BCUT2D eigenvalue weighted by molar-refractivity contribution is 6.33. The van der Waals surface area contributed by atoms with Crippen LogP contribution in [0.2, 0.25) is 5.02 Å². The zero-order valence-corrected chi connectivity index (χ0v) is 17.6. The van der Waals surface area contributed by atoms with Crippen LogP contribution in [0.4, 0.5) is 16.2 Å². The van der Waals surface area contributed by atoms with E-state index in [2.05, 4.69) is 25.7 Å². The Morgan fingerprint density at radius 1 is 1.00 bits per heavy atom. The lowest BCUT2D eigenvalue weighted by Gasteiger charge is -2.10. The average molecular weight is 435 g/mol. The number of urea groups is 1. The number of nitrogens with one attached hydrogen (secondary N) is 2. The van der Waals surface area contributed by atoms with Crippen LogP contribution in [0.25, 0.3) is 5.82 Å². The van der Waals surface area contributed by atoms with E-state index < -0.39 is 6.03 Å². The van der Waals surface area contributed by atoms with Gasteiger partial charge in [-0.15, -0.1) is 0 Å². The first-order chi connectivity index (χ1) is 15.0. The largest absolute Gasteiger partial charge is 0.439 e. The Labute approximate surface area is 183 Å². The minimum atomic E-state index is -0.396. The van der Waals surface area contributed by atoms with Crippen LogP contribution in [-0.2, 0) is 0 Å². The molecule has 2 amide bonds. The molecule has 0 atom stereocenters. The third-order valence-corrected chi connectivity index (χ3v) is 4.64. The van der Waals surface area contributed by atoms with E-state index >= 15 is 0 Å². The van der Waals surface area contributed by atoms with Gasteiger partial charge in [-0.3, -0.25) is 0 Å². The van der Waals surface area contributed by atoms with E-state index in [4.69, 9.17) is 16.3 Å². The third kappa shape index (κ3) is 4.99. The molecule has 0 radical (unpaired) electrons. The lowest BCUT2D eigenvalue weighted by atomic mass is 10.3. The number of carbonyl (C=O) groups is 1. The Kier molecular flexibility index (Phi) is 5.81. The number of rotatable bonds is 5. The Morgan fingerprint density at radius 3 is 2.48 bits per heavy atom. The zero-order valence-electron chi connectivity index (χ0n) is 16.8. The highest BCUT2D eigenvalue weighted by Crippen LogP contribution is 2.24. The number of anilines is 2. The fourth-order valence-electron chi connectivity index (χ4n) is 2.94. The Bertz CT molecular complexity index is 1220. The number of amides is 2. The summed E-state index contributed by atoms with van der Waals surface area (Å²) in [6, 6.07) is 17.2. The molecule has 0 unspecified atom stereocenters. The molecule has 2 N–H and O–H groups in total. The molecule has 0 bridgehead atoms. The van der Waals surface area contributed by atoms with E-state index in [9.17, 15) is 4.79 Å². The molecule has 2 aromatic carbocycles. The maximum atomic E-state index is 12.2. The summed E-state index contributed by atoms with van der Waals surface area (Å²) in [6.07, 6.45) is 1.43. The molecule has 0 saturated carbocycles. The van der Waals surface area contributed by atoms with Crippen LogP contribution < -0.4 is 15.4 Å². The van der Waals surface area contributed by atoms with E-state index in [0.29, 0.717) is 33.8 Å². The molecule has 156 valence electrons. The number of aryl methyl sites for hydroxylation is 2. The van der Waals surface area contributed by atoms with Gasteiger partial charge in [0.15, 0.2) is 5.82 Å². The van der Waals surface area contributed by atoms with Gasteiger partial charge in [0.25, 0.3) is 0 Å². The van der Waals surface area contributed by atoms with Crippen molar-refractivity contribution >= 4 is 29.0 Å². The second-order valence-corrected chi connectivity index (χ2v) is 7.15. The van der Waals surface area contributed by atoms with Crippen molar-refractivity contribution in [2.24, 2.45) is 0 Å². The van der Waals surface area contributed by atoms with E-state index in [1.54, 1.807) is 59.3 Å². The molecule has 0 fully saturated rings. The minimum absolute atomic E-state index is 0.384. The Hall–Kier alpha value is -3.91. The van der Waals surface area contributed by atoms with Gasteiger partial charge < -0.3 is 15.4 Å². The van der Waals surface area contributed by atoms with Crippen molar-refractivity contribution < 1.29 is 9.53 Å². The van der Waals surface area contributed by atoms with Gasteiger partial charge in [0.2, 0.25) is 5.88 Å². The number of carbonyl (C=O) groups excluding carboxylic acids is 1. The summed E-state index contributed by atoms with van der Waals surface area (Å²) in [5.74, 6) is 1.56.